The average molecular weight is 426 g/mol. The van der Waals surface area contributed by atoms with E-state index < -0.39 is 0 Å². The quantitative estimate of drug-likeness (QED) is 0.475. The Balaban J connectivity index is 1.47. The monoisotopic (exact) mass is 425 g/mol. The zero-order valence-electron chi connectivity index (χ0n) is 15.2. The fourth-order valence-electron chi connectivity index (χ4n) is 2.79. The molecule has 0 unspecified atom stereocenters. The van der Waals surface area contributed by atoms with Crippen molar-refractivity contribution in [1.82, 2.24) is 9.55 Å². The van der Waals surface area contributed by atoms with Gasteiger partial charge in [0, 0.05) is 18.0 Å². The molecule has 29 heavy (non-hydrogen) atoms. The molecule has 146 valence electrons. The number of carbonyl (C=O) groups excluding carboxylic acids is 1. The maximum absolute atomic E-state index is 12.5. The summed E-state index contributed by atoms with van der Waals surface area (Å²) in [7, 11) is 0. The number of hydrogen-bond donors (Lipinski definition) is 1. The zero-order valence-corrected chi connectivity index (χ0v) is 16.7. The lowest BCUT2D eigenvalue weighted by molar-refractivity contribution is -0.116. The molecule has 4 rings (SSSR count). The summed E-state index contributed by atoms with van der Waals surface area (Å²) >= 11 is 7.49. The van der Waals surface area contributed by atoms with Gasteiger partial charge < -0.3 is 10.1 Å². The second-order valence-corrected chi connectivity index (χ2v) is 7.57. The van der Waals surface area contributed by atoms with Gasteiger partial charge in [0.25, 0.3) is 5.56 Å². The molecule has 0 saturated carbocycles. The van der Waals surface area contributed by atoms with Crippen LogP contribution in [-0.4, -0.2) is 15.5 Å². The fourth-order valence-corrected chi connectivity index (χ4v) is 3.69. The van der Waals surface area contributed by atoms with Crippen LogP contribution in [-0.2, 0) is 11.3 Å². The lowest BCUT2D eigenvalue weighted by Crippen LogP contribution is -2.23. The van der Waals surface area contributed by atoms with Gasteiger partial charge in [-0.15, -0.1) is 11.3 Å². The van der Waals surface area contributed by atoms with E-state index in [-0.39, 0.29) is 24.4 Å². The van der Waals surface area contributed by atoms with Gasteiger partial charge in [-0.1, -0.05) is 29.8 Å². The number of hydrogen-bond acceptors (Lipinski definition) is 5. The van der Waals surface area contributed by atoms with Crippen molar-refractivity contribution in [2.75, 3.05) is 5.32 Å². The molecule has 0 aliphatic rings. The van der Waals surface area contributed by atoms with E-state index in [1.165, 1.54) is 22.2 Å². The Morgan fingerprint density at radius 3 is 2.83 bits per heavy atom. The Morgan fingerprint density at radius 2 is 2.00 bits per heavy atom. The van der Waals surface area contributed by atoms with Crippen LogP contribution in [0.4, 0.5) is 5.69 Å². The van der Waals surface area contributed by atoms with Crippen LogP contribution >= 0.6 is 22.9 Å². The summed E-state index contributed by atoms with van der Waals surface area (Å²) in [6.45, 7) is 0.221. The molecule has 0 bridgehead atoms. The number of anilines is 1. The number of nitrogens with one attached hydrogen (secondary N) is 1. The number of para-hydroxylation sites is 1. The predicted molar refractivity (Wildman–Crippen MR) is 115 cm³/mol. The zero-order chi connectivity index (χ0) is 20.2. The molecule has 0 fully saturated rings. The van der Waals surface area contributed by atoms with Gasteiger partial charge in [-0.25, -0.2) is 4.98 Å². The molecule has 2 heterocycles. The molecular weight excluding hydrogens is 410 g/mol. The normalized spacial score (nSPS) is 10.8. The highest BCUT2D eigenvalue weighted by Crippen LogP contribution is 2.32. The van der Waals surface area contributed by atoms with Crippen LogP contribution in [0.5, 0.6) is 11.5 Å². The summed E-state index contributed by atoms with van der Waals surface area (Å²) in [5, 5.41) is 5.67. The van der Waals surface area contributed by atoms with Crippen LogP contribution in [0.3, 0.4) is 0 Å². The number of rotatable bonds is 6. The largest absolute Gasteiger partial charge is 0.455 e. The molecule has 0 saturated heterocycles. The maximum atomic E-state index is 12.5. The molecule has 1 amide bonds. The van der Waals surface area contributed by atoms with E-state index in [2.05, 4.69) is 10.3 Å². The smallest absolute Gasteiger partial charge is 0.262 e. The van der Waals surface area contributed by atoms with Gasteiger partial charge in [-0.05, 0) is 41.8 Å². The third kappa shape index (κ3) is 4.47. The van der Waals surface area contributed by atoms with Crippen LogP contribution in [0.15, 0.2) is 71.1 Å². The number of carbonyl (C=O) groups is 1. The third-order valence-corrected chi connectivity index (χ3v) is 5.27. The number of fused-ring (bicyclic) bond motifs is 1. The van der Waals surface area contributed by atoms with Crippen LogP contribution in [0.25, 0.3) is 10.2 Å². The first-order chi connectivity index (χ1) is 14.1. The van der Waals surface area contributed by atoms with Gasteiger partial charge in [0.1, 0.15) is 10.6 Å². The van der Waals surface area contributed by atoms with E-state index in [4.69, 9.17) is 16.3 Å². The standard InChI is InChI=1S/C21H16ClN3O3S/c22-14-6-7-18(28-15-4-2-1-3-5-15)17(12-14)24-19(26)8-10-25-13-23-20-16(21(25)27)9-11-29-20/h1-7,9,11-13H,8,10H2,(H,24,26). The number of benzene rings is 2. The van der Waals surface area contributed by atoms with E-state index in [9.17, 15) is 9.59 Å². The SMILES string of the molecule is O=C(CCn1cnc2sccc2c1=O)Nc1cc(Cl)ccc1Oc1ccccc1. The first-order valence-electron chi connectivity index (χ1n) is 8.85. The van der Waals surface area contributed by atoms with Gasteiger partial charge in [0.15, 0.2) is 5.75 Å². The highest BCUT2D eigenvalue weighted by Gasteiger charge is 2.12. The average Bonchev–Trinajstić information content (AvgIpc) is 3.20. The van der Waals surface area contributed by atoms with Gasteiger partial charge in [0.2, 0.25) is 5.91 Å². The van der Waals surface area contributed by atoms with Crippen molar-refractivity contribution in [3.8, 4) is 11.5 Å². The van der Waals surface area contributed by atoms with Crippen molar-refractivity contribution in [2.45, 2.75) is 13.0 Å². The molecule has 8 heteroatoms. The molecule has 0 aliphatic heterocycles. The summed E-state index contributed by atoms with van der Waals surface area (Å²) in [5.74, 6) is 0.863. The number of ether oxygens (including phenoxy) is 1. The van der Waals surface area contributed by atoms with Crippen molar-refractivity contribution >= 4 is 44.7 Å². The first kappa shape index (κ1) is 19.2. The molecule has 0 aliphatic carbocycles. The number of amides is 1. The molecule has 2 aromatic heterocycles. The van der Waals surface area contributed by atoms with Crippen LogP contribution in [0.1, 0.15) is 6.42 Å². The molecule has 0 spiro atoms. The maximum Gasteiger partial charge on any atom is 0.262 e. The second-order valence-electron chi connectivity index (χ2n) is 6.24. The Morgan fingerprint density at radius 1 is 1.17 bits per heavy atom. The van der Waals surface area contributed by atoms with Crippen molar-refractivity contribution in [3.63, 3.8) is 0 Å². The van der Waals surface area contributed by atoms with Crippen molar-refractivity contribution in [2.24, 2.45) is 0 Å². The number of nitrogens with zero attached hydrogens (tertiary/aromatic N) is 2. The fraction of sp³-hybridized carbons (Fsp3) is 0.0952. The summed E-state index contributed by atoms with van der Waals surface area (Å²) in [6.07, 6.45) is 1.58. The minimum Gasteiger partial charge on any atom is -0.455 e. The summed E-state index contributed by atoms with van der Waals surface area (Å²) in [5.41, 5.74) is 0.310. The van der Waals surface area contributed by atoms with E-state index in [0.29, 0.717) is 32.4 Å². The van der Waals surface area contributed by atoms with Crippen molar-refractivity contribution < 1.29 is 9.53 Å². The lowest BCUT2D eigenvalue weighted by Gasteiger charge is -2.13. The molecule has 1 N–H and O–H groups in total. The van der Waals surface area contributed by atoms with Gasteiger partial charge in [-0.2, -0.15) is 0 Å². The van der Waals surface area contributed by atoms with Crippen molar-refractivity contribution in [1.29, 1.82) is 0 Å². The summed E-state index contributed by atoms with van der Waals surface area (Å²) in [6, 6.07) is 16.0. The Labute approximate surface area is 175 Å². The lowest BCUT2D eigenvalue weighted by atomic mass is 10.2. The van der Waals surface area contributed by atoms with Gasteiger partial charge in [0.05, 0.1) is 17.4 Å². The second kappa shape index (κ2) is 8.46. The molecule has 6 nitrogen and oxygen atoms in total. The van der Waals surface area contributed by atoms with Crippen molar-refractivity contribution in [3.05, 3.63) is 81.7 Å². The summed E-state index contributed by atoms with van der Waals surface area (Å²) in [4.78, 5) is 29.8. The van der Waals surface area contributed by atoms with Crippen LogP contribution < -0.4 is 15.6 Å². The number of halogens is 1. The first-order valence-corrected chi connectivity index (χ1v) is 10.1. The van der Waals surface area contributed by atoms with Crippen LogP contribution in [0, 0.1) is 0 Å². The number of thiophene rings is 1. The Kier molecular flexibility index (Phi) is 5.59. The topological polar surface area (TPSA) is 73.2 Å². The molecule has 0 radical (unpaired) electrons. The van der Waals surface area contributed by atoms with Gasteiger partial charge in [-0.3, -0.25) is 14.2 Å². The third-order valence-electron chi connectivity index (χ3n) is 4.22. The van der Waals surface area contributed by atoms with E-state index >= 15 is 0 Å². The summed E-state index contributed by atoms with van der Waals surface area (Å²) < 4.78 is 7.29. The highest BCUT2D eigenvalue weighted by atomic mass is 35.5. The van der Waals surface area contributed by atoms with Gasteiger partial charge >= 0.3 is 0 Å². The Bertz CT molecular complexity index is 1220. The van der Waals surface area contributed by atoms with E-state index in [1.807, 2.05) is 35.7 Å². The Hall–Kier alpha value is -3.16. The molecular formula is C21H16ClN3O3S. The molecule has 4 aromatic rings. The minimum absolute atomic E-state index is 0.106. The predicted octanol–water partition coefficient (Wildman–Crippen LogP) is 4.93. The number of aromatic nitrogens is 2. The molecule has 0 atom stereocenters. The highest BCUT2D eigenvalue weighted by molar-refractivity contribution is 7.16. The molecule has 2 aromatic carbocycles. The minimum atomic E-state index is -0.262. The van der Waals surface area contributed by atoms with Crippen LogP contribution in [0.2, 0.25) is 5.02 Å². The number of aryl methyl sites for hydroxylation is 1. The van der Waals surface area contributed by atoms with E-state index in [0.717, 1.165) is 0 Å². The van der Waals surface area contributed by atoms with E-state index in [1.54, 1.807) is 24.3 Å².